The SMILES string of the molecule is O=C(NC[C@H]1CCCN(CC2CCCCC2)C1)[C@H]1CCCN1C(=O)[C@@H]1C[C@H](O)CN1C(=O)CC(c1ccccc1)(c1ccccc1)c1ccccc1. The van der Waals surface area contributed by atoms with Crippen molar-refractivity contribution in [1.29, 1.82) is 0 Å². The molecule has 2 N–H and O–H groups in total. The standard InChI is InChI=1S/C44H56N4O4/c49-38-27-40(43(52)47-26-14-24-39(47)42(51)45-29-34-17-13-25-46(31-34)30-33-15-5-1-6-16-33)48(32-38)41(50)28-44(35-18-7-2-8-19-35,36-20-9-3-10-21-36)37-22-11-4-12-23-37/h2-4,7-12,18-23,33-34,38-40,49H,1,5-6,13-17,24-32H2,(H,45,51)/t34-,38+,39-,40+/m1/s1. The highest BCUT2D eigenvalue weighted by Crippen LogP contribution is 2.43. The second-order valence-corrected chi connectivity index (χ2v) is 15.8. The van der Waals surface area contributed by atoms with E-state index in [0.29, 0.717) is 25.4 Å². The summed E-state index contributed by atoms with van der Waals surface area (Å²) in [6.45, 7) is 4.56. The van der Waals surface area contributed by atoms with Crippen LogP contribution in [0.4, 0.5) is 0 Å². The van der Waals surface area contributed by atoms with Crippen molar-refractivity contribution in [3.05, 3.63) is 108 Å². The molecule has 52 heavy (non-hydrogen) atoms. The van der Waals surface area contributed by atoms with Crippen LogP contribution in [0, 0.1) is 11.8 Å². The summed E-state index contributed by atoms with van der Waals surface area (Å²) in [7, 11) is 0. The molecular formula is C44H56N4O4. The van der Waals surface area contributed by atoms with E-state index in [4.69, 9.17) is 0 Å². The molecule has 3 aromatic carbocycles. The van der Waals surface area contributed by atoms with Crippen molar-refractivity contribution in [1.82, 2.24) is 20.0 Å². The molecule has 0 radical (unpaired) electrons. The maximum absolute atomic E-state index is 14.7. The Morgan fingerprint density at radius 1 is 0.654 bits per heavy atom. The van der Waals surface area contributed by atoms with Crippen molar-refractivity contribution in [3.8, 4) is 0 Å². The van der Waals surface area contributed by atoms with E-state index in [0.717, 1.165) is 55.0 Å². The van der Waals surface area contributed by atoms with Crippen molar-refractivity contribution in [2.45, 2.75) is 94.2 Å². The van der Waals surface area contributed by atoms with E-state index in [-0.39, 0.29) is 37.1 Å². The minimum Gasteiger partial charge on any atom is -0.391 e. The smallest absolute Gasteiger partial charge is 0.246 e. The Balaban J connectivity index is 1.05. The number of amides is 3. The number of aliphatic hydroxyl groups is 1. The van der Waals surface area contributed by atoms with Gasteiger partial charge < -0.3 is 25.1 Å². The average Bonchev–Trinajstić information content (AvgIpc) is 3.85. The molecule has 3 saturated heterocycles. The second kappa shape index (κ2) is 16.8. The molecule has 3 heterocycles. The number of carbonyl (C=O) groups excluding carboxylic acids is 3. The highest BCUT2D eigenvalue weighted by molar-refractivity contribution is 5.93. The van der Waals surface area contributed by atoms with Gasteiger partial charge in [0.05, 0.1) is 11.5 Å². The summed E-state index contributed by atoms with van der Waals surface area (Å²) < 4.78 is 0. The van der Waals surface area contributed by atoms with E-state index in [1.165, 1.54) is 38.6 Å². The zero-order valence-corrected chi connectivity index (χ0v) is 30.6. The van der Waals surface area contributed by atoms with Crippen LogP contribution in [-0.2, 0) is 19.8 Å². The first-order valence-corrected chi connectivity index (χ1v) is 19.9. The topological polar surface area (TPSA) is 93.2 Å². The number of hydrogen-bond donors (Lipinski definition) is 2. The number of carbonyl (C=O) groups is 3. The largest absolute Gasteiger partial charge is 0.391 e. The highest BCUT2D eigenvalue weighted by Gasteiger charge is 2.47. The van der Waals surface area contributed by atoms with Crippen LogP contribution in [0.2, 0.25) is 0 Å². The Morgan fingerprint density at radius 3 is 1.85 bits per heavy atom. The lowest BCUT2D eigenvalue weighted by Crippen LogP contribution is -2.54. The fraction of sp³-hybridized carbons (Fsp3) is 0.523. The number of piperidine rings is 1. The Kier molecular flexibility index (Phi) is 11.7. The van der Waals surface area contributed by atoms with Gasteiger partial charge in [0, 0.05) is 45.6 Å². The van der Waals surface area contributed by atoms with Crippen LogP contribution < -0.4 is 5.32 Å². The number of β-amino-alcohol motifs (C(OH)–C–C–N with tert-alkyl or cyclic N) is 1. The lowest BCUT2D eigenvalue weighted by atomic mass is 9.67. The van der Waals surface area contributed by atoms with E-state index < -0.39 is 23.6 Å². The number of benzene rings is 3. The number of likely N-dealkylation sites (tertiary alicyclic amines) is 3. The molecule has 4 fully saturated rings. The Hall–Kier alpha value is -4.01. The second-order valence-electron chi connectivity index (χ2n) is 15.8. The van der Waals surface area contributed by atoms with Crippen molar-refractivity contribution in [3.63, 3.8) is 0 Å². The van der Waals surface area contributed by atoms with E-state index in [1.807, 2.05) is 54.6 Å². The third kappa shape index (κ3) is 7.98. The third-order valence-corrected chi connectivity index (χ3v) is 12.3. The minimum atomic E-state index is -0.817. The van der Waals surface area contributed by atoms with Gasteiger partial charge in [-0.2, -0.15) is 0 Å². The number of aliphatic hydroxyl groups excluding tert-OH is 1. The molecule has 8 nitrogen and oxygen atoms in total. The van der Waals surface area contributed by atoms with Gasteiger partial charge in [-0.05, 0) is 73.6 Å². The Bertz CT molecular complexity index is 1530. The van der Waals surface area contributed by atoms with Crippen LogP contribution in [0.25, 0.3) is 0 Å². The van der Waals surface area contributed by atoms with Gasteiger partial charge >= 0.3 is 0 Å². The molecule has 3 amide bonds. The summed E-state index contributed by atoms with van der Waals surface area (Å²) in [5, 5.41) is 14.2. The van der Waals surface area contributed by atoms with Crippen molar-refractivity contribution < 1.29 is 19.5 Å². The Labute approximate surface area is 309 Å². The van der Waals surface area contributed by atoms with Crippen LogP contribution in [-0.4, -0.2) is 95.0 Å². The minimum absolute atomic E-state index is 0.0879. The number of nitrogens with zero attached hydrogens (tertiary/aromatic N) is 3. The molecule has 8 heteroatoms. The van der Waals surface area contributed by atoms with Gasteiger partial charge in [-0.15, -0.1) is 0 Å². The maximum Gasteiger partial charge on any atom is 0.246 e. The zero-order valence-electron chi connectivity index (χ0n) is 30.6. The lowest BCUT2D eigenvalue weighted by Gasteiger charge is -2.38. The molecule has 0 aromatic heterocycles. The Morgan fingerprint density at radius 2 is 1.23 bits per heavy atom. The van der Waals surface area contributed by atoms with Gasteiger partial charge in [-0.3, -0.25) is 14.4 Å². The molecule has 0 bridgehead atoms. The van der Waals surface area contributed by atoms with Crippen molar-refractivity contribution in [2.75, 3.05) is 39.3 Å². The quantitative estimate of drug-likeness (QED) is 0.248. The number of nitrogens with one attached hydrogen (secondary N) is 1. The normalized spacial score (nSPS) is 24.6. The average molecular weight is 705 g/mol. The van der Waals surface area contributed by atoms with E-state index in [2.05, 4.69) is 46.6 Å². The summed E-state index contributed by atoms with van der Waals surface area (Å²) in [5.41, 5.74) is 2.13. The fourth-order valence-corrected chi connectivity index (χ4v) is 9.70. The molecule has 1 aliphatic carbocycles. The predicted octanol–water partition coefficient (Wildman–Crippen LogP) is 5.77. The molecular weight excluding hydrogens is 649 g/mol. The van der Waals surface area contributed by atoms with E-state index in [9.17, 15) is 19.5 Å². The molecule has 276 valence electrons. The number of rotatable bonds is 11. The number of hydrogen-bond acceptors (Lipinski definition) is 5. The van der Waals surface area contributed by atoms with Gasteiger partial charge in [0.1, 0.15) is 12.1 Å². The van der Waals surface area contributed by atoms with Gasteiger partial charge in [0.2, 0.25) is 17.7 Å². The predicted molar refractivity (Wildman–Crippen MR) is 203 cm³/mol. The third-order valence-electron chi connectivity index (χ3n) is 12.3. The van der Waals surface area contributed by atoms with Crippen LogP contribution in [0.15, 0.2) is 91.0 Å². The summed E-state index contributed by atoms with van der Waals surface area (Å²) in [4.78, 5) is 48.6. The van der Waals surface area contributed by atoms with Crippen molar-refractivity contribution in [2.24, 2.45) is 11.8 Å². The van der Waals surface area contributed by atoms with Crippen molar-refractivity contribution >= 4 is 17.7 Å². The van der Waals surface area contributed by atoms with E-state index in [1.54, 1.807) is 9.80 Å². The molecule has 3 aromatic rings. The first-order valence-electron chi connectivity index (χ1n) is 19.9. The summed E-state index contributed by atoms with van der Waals surface area (Å²) in [5.74, 6) is 0.712. The van der Waals surface area contributed by atoms with Gasteiger partial charge in [0.15, 0.2) is 0 Å². The highest BCUT2D eigenvalue weighted by atomic mass is 16.3. The van der Waals surface area contributed by atoms with Crippen LogP contribution >= 0.6 is 0 Å². The summed E-state index contributed by atoms with van der Waals surface area (Å²) in [6.07, 6.45) is 9.85. The monoisotopic (exact) mass is 704 g/mol. The van der Waals surface area contributed by atoms with Gasteiger partial charge in [-0.25, -0.2) is 0 Å². The molecule has 4 atom stereocenters. The molecule has 3 aliphatic heterocycles. The summed E-state index contributed by atoms with van der Waals surface area (Å²) >= 11 is 0. The molecule has 7 rings (SSSR count). The zero-order chi connectivity index (χ0) is 35.9. The lowest BCUT2D eigenvalue weighted by molar-refractivity contribution is -0.146. The maximum atomic E-state index is 14.7. The first-order chi connectivity index (χ1) is 25.4. The van der Waals surface area contributed by atoms with E-state index >= 15 is 0 Å². The first kappa shape index (κ1) is 36.4. The molecule has 1 saturated carbocycles. The van der Waals surface area contributed by atoms with Crippen LogP contribution in [0.1, 0.15) is 87.3 Å². The summed E-state index contributed by atoms with van der Waals surface area (Å²) in [6, 6.07) is 28.9. The fourth-order valence-electron chi connectivity index (χ4n) is 9.70. The molecule has 0 unspecified atom stereocenters. The molecule has 4 aliphatic rings. The van der Waals surface area contributed by atoms with Crippen LogP contribution in [0.5, 0.6) is 0 Å². The molecule has 0 spiro atoms. The van der Waals surface area contributed by atoms with Gasteiger partial charge in [0.25, 0.3) is 0 Å². The van der Waals surface area contributed by atoms with Crippen LogP contribution in [0.3, 0.4) is 0 Å². The van der Waals surface area contributed by atoms with Gasteiger partial charge in [-0.1, -0.05) is 110 Å².